The van der Waals surface area contributed by atoms with Gasteiger partial charge >= 0.3 is 0 Å². The molecule has 0 unspecified atom stereocenters. The zero-order valence-electron chi connectivity index (χ0n) is 20.5. The van der Waals surface area contributed by atoms with Crippen molar-refractivity contribution in [2.75, 3.05) is 31.6 Å². The first-order chi connectivity index (χ1) is 18.0. The van der Waals surface area contributed by atoms with Crippen molar-refractivity contribution in [3.05, 3.63) is 76.6 Å². The first-order valence-corrected chi connectivity index (χ1v) is 12.6. The molecule has 4 N–H and O–H groups in total. The Morgan fingerprint density at radius 2 is 1.89 bits per heavy atom. The molecular weight excluding hydrogens is 488 g/mol. The van der Waals surface area contributed by atoms with E-state index in [9.17, 15) is 4.79 Å². The number of nitrogens with zero attached hydrogens (tertiary/aromatic N) is 3. The molecule has 2 aromatic carbocycles. The van der Waals surface area contributed by atoms with E-state index < -0.39 is 5.91 Å². The quantitative estimate of drug-likeness (QED) is 0.175. The number of nitrogens with two attached hydrogens (primary N) is 1. The number of rotatable bonds is 13. The Balaban J connectivity index is 1.20. The molecule has 0 bridgehead atoms. The third-order valence-corrected chi connectivity index (χ3v) is 6.16. The lowest BCUT2D eigenvalue weighted by molar-refractivity contribution is 0.100. The van der Waals surface area contributed by atoms with Crippen LogP contribution in [0.1, 0.15) is 34.3 Å². The molecule has 0 fully saturated rings. The third-order valence-electron chi connectivity index (χ3n) is 5.94. The van der Waals surface area contributed by atoms with Gasteiger partial charge in [0, 0.05) is 58.8 Å². The van der Waals surface area contributed by atoms with Crippen LogP contribution in [0, 0.1) is 11.3 Å². The molecule has 0 aliphatic rings. The summed E-state index contributed by atoms with van der Waals surface area (Å²) in [5, 5.41) is 19.1. The molecule has 8 nitrogen and oxygen atoms in total. The molecule has 0 saturated heterocycles. The number of ether oxygens (including phenoxy) is 1. The van der Waals surface area contributed by atoms with Gasteiger partial charge in [0.05, 0.1) is 24.6 Å². The van der Waals surface area contributed by atoms with E-state index in [1.165, 1.54) is 0 Å². The number of amides is 1. The Hall–Kier alpha value is -3.77. The number of anilines is 1. The molecular formula is C28H29ClN6O2. The molecule has 1 amide bonds. The van der Waals surface area contributed by atoms with Crippen molar-refractivity contribution < 1.29 is 9.53 Å². The van der Waals surface area contributed by atoms with E-state index in [1.807, 2.05) is 30.3 Å². The van der Waals surface area contributed by atoms with Gasteiger partial charge in [-0.15, -0.1) is 0 Å². The molecule has 2 heterocycles. The summed E-state index contributed by atoms with van der Waals surface area (Å²) < 4.78 is 5.79. The summed E-state index contributed by atoms with van der Waals surface area (Å²) >= 11 is 6.14. The van der Waals surface area contributed by atoms with Gasteiger partial charge in [0.2, 0.25) is 5.91 Å². The predicted molar refractivity (Wildman–Crippen MR) is 147 cm³/mol. The van der Waals surface area contributed by atoms with Crippen LogP contribution in [0.3, 0.4) is 0 Å². The number of nitriles is 1. The number of pyridine rings is 2. The molecule has 9 heteroatoms. The molecule has 37 heavy (non-hydrogen) atoms. The van der Waals surface area contributed by atoms with E-state index in [2.05, 4.69) is 21.7 Å². The van der Waals surface area contributed by atoms with Crippen molar-refractivity contribution in [3.8, 4) is 6.07 Å². The Bertz CT molecular complexity index is 1440. The number of primary amides is 1. The van der Waals surface area contributed by atoms with Gasteiger partial charge in [-0.1, -0.05) is 23.7 Å². The van der Waals surface area contributed by atoms with Crippen LogP contribution in [-0.2, 0) is 17.7 Å². The Morgan fingerprint density at radius 3 is 2.73 bits per heavy atom. The second-order valence-electron chi connectivity index (χ2n) is 8.70. The summed E-state index contributed by atoms with van der Waals surface area (Å²) in [6.45, 7) is 3.41. The SMILES string of the molecule is N#CCc1cc(Cl)cc(CNCCCCOCCNc2nc3cc(C(N)=O)ccc3c3cnccc23)c1. The van der Waals surface area contributed by atoms with Crippen LogP contribution >= 0.6 is 11.6 Å². The zero-order valence-corrected chi connectivity index (χ0v) is 21.2. The Kier molecular flexibility index (Phi) is 9.22. The molecule has 2 aromatic heterocycles. The minimum Gasteiger partial charge on any atom is -0.380 e. The molecule has 0 spiro atoms. The number of halogens is 1. The second kappa shape index (κ2) is 13.0. The summed E-state index contributed by atoms with van der Waals surface area (Å²) in [7, 11) is 0. The third kappa shape index (κ3) is 7.14. The molecule has 0 aliphatic carbocycles. The number of fused-ring (bicyclic) bond motifs is 3. The van der Waals surface area contributed by atoms with Gasteiger partial charge in [0.1, 0.15) is 5.82 Å². The van der Waals surface area contributed by atoms with Gasteiger partial charge in [0.25, 0.3) is 0 Å². The zero-order chi connectivity index (χ0) is 26.0. The largest absolute Gasteiger partial charge is 0.380 e. The lowest BCUT2D eigenvalue weighted by atomic mass is 10.1. The van der Waals surface area contributed by atoms with Gasteiger partial charge in [-0.2, -0.15) is 5.26 Å². The standard InChI is InChI=1S/C28H29ClN6O2/c29-22-14-19(5-7-30)13-20(15-22)17-32-8-1-2-11-37-12-10-34-28-24-6-9-33-18-25(24)23-4-3-21(27(31)36)16-26(23)35-28/h3-4,6,9,13-16,18,32H,1-2,5,8,10-12,17H2,(H2,31,36)(H,34,35). The molecule has 0 radical (unpaired) electrons. The van der Waals surface area contributed by atoms with Gasteiger partial charge in [-0.25, -0.2) is 4.98 Å². The van der Waals surface area contributed by atoms with Crippen LogP contribution in [0.25, 0.3) is 21.7 Å². The van der Waals surface area contributed by atoms with Crippen LogP contribution in [0.2, 0.25) is 5.02 Å². The van der Waals surface area contributed by atoms with Gasteiger partial charge in [-0.05, 0) is 60.8 Å². The predicted octanol–water partition coefficient (Wildman–Crippen LogP) is 4.60. The van der Waals surface area contributed by atoms with Gasteiger partial charge < -0.3 is 21.1 Å². The summed E-state index contributed by atoms with van der Waals surface area (Å²) in [6, 6.07) is 15.1. The highest BCUT2D eigenvalue weighted by atomic mass is 35.5. The van der Waals surface area contributed by atoms with Crippen molar-refractivity contribution in [2.45, 2.75) is 25.8 Å². The van der Waals surface area contributed by atoms with E-state index in [0.29, 0.717) is 48.8 Å². The van der Waals surface area contributed by atoms with Crippen molar-refractivity contribution >= 4 is 45.0 Å². The van der Waals surface area contributed by atoms with Gasteiger partial charge in [0.15, 0.2) is 0 Å². The molecule has 190 valence electrons. The monoisotopic (exact) mass is 516 g/mol. The maximum atomic E-state index is 11.6. The van der Waals surface area contributed by atoms with Crippen LogP contribution in [0.15, 0.2) is 54.9 Å². The number of nitrogens with one attached hydrogen (secondary N) is 2. The maximum absolute atomic E-state index is 11.6. The smallest absolute Gasteiger partial charge is 0.248 e. The molecule has 4 aromatic rings. The fraction of sp³-hybridized carbons (Fsp3) is 0.286. The fourth-order valence-corrected chi connectivity index (χ4v) is 4.46. The van der Waals surface area contributed by atoms with E-state index in [1.54, 1.807) is 24.5 Å². The fourth-order valence-electron chi connectivity index (χ4n) is 4.18. The Morgan fingerprint density at radius 1 is 1.03 bits per heavy atom. The Labute approximate surface area is 220 Å². The lowest BCUT2D eigenvalue weighted by Crippen LogP contribution is -2.16. The number of carbonyl (C=O) groups is 1. The molecule has 0 aliphatic heterocycles. The summed E-state index contributed by atoms with van der Waals surface area (Å²) in [4.78, 5) is 20.6. The van der Waals surface area contributed by atoms with Crippen molar-refractivity contribution in [2.24, 2.45) is 5.73 Å². The van der Waals surface area contributed by atoms with E-state index in [0.717, 1.165) is 52.5 Å². The van der Waals surface area contributed by atoms with Gasteiger partial charge in [-0.3, -0.25) is 9.78 Å². The number of aromatic nitrogens is 2. The van der Waals surface area contributed by atoms with Crippen LogP contribution in [0.5, 0.6) is 0 Å². The van der Waals surface area contributed by atoms with E-state index >= 15 is 0 Å². The molecule has 0 saturated carbocycles. The van der Waals surface area contributed by atoms with Crippen molar-refractivity contribution in [1.29, 1.82) is 5.26 Å². The van der Waals surface area contributed by atoms with Crippen LogP contribution < -0.4 is 16.4 Å². The maximum Gasteiger partial charge on any atom is 0.248 e. The van der Waals surface area contributed by atoms with Crippen LogP contribution in [-0.4, -0.2) is 42.2 Å². The first kappa shape index (κ1) is 26.3. The van der Waals surface area contributed by atoms with E-state index in [4.69, 9.17) is 32.3 Å². The number of unbranched alkanes of at least 4 members (excludes halogenated alkanes) is 1. The van der Waals surface area contributed by atoms with Crippen molar-refractivity contribution in [1.82, 2.24) is 15.3 Å². The average molecular weight is 517 g/mol. The number of hydrogen-bond donors (Lipinski definition) is 3. The molecule has 4 rings (SSSR count). The van der Waals surface area contributed by atoms with Crippen LogP contribution in [0.4, 0.5) is 5.82 Å². The lowest BCUT2D eigenvalue weighted by Gasteiger charge is -2.12. The van der Waals surface area contributed by atoms with Crippen molar-refractivity contribution in [3.63, 3.8) is 0 Å². The number of hydrogen-bond acceptors (Lipinski definition) is 7. The van der Waals surface area contributed by atoms with E-state index in [-0.39, 0.29) is 0 Å². The first-order valence-electron chi connectivity index (χ1n) is 12.2. The summed E-state index contributed by atoms with van der Waals surface area (Å²) in [5.41, 5.74) is 8.56. The topological polar surface area (TPSA) is 126 Å². The minimum atomic E-state index is -0.484. The number of carbonyl (C=O) groups excluding carboxylic acids is 1. The highest BCUT2D eigenvalue weighted by Crippen LogP contribution is 2.29. The summed E-state index contributed by atoms with van der Waals surface area (Å²) in [5.74, 6) is 0.237. The summed E-state index contributed by atoms with van der Waals surface area (Å²) in [6.07, 6.45) is 5.84. The highest BCUT2D eigenvalue weighted by Gasteiger charge is 2.10. The normalized spacial score (nSPS) is 11.0. The highest BCUT2D eigenvalue weighted by molar-refractivity contribution is 6.30. The molecule has 0 atom stereocenters. The number of benzene rings is 2. The average Bonchev–Trinajstić information content (AvgIpc) is 2.89. The second-order valence-corrected chi connectivity index (χ2v) is 9.14. The minimum absolute atomic E-state index is 0.361.